The Morgan fingerprint density at radius 2 is 1.72 bits per heavy atom. The second-order valence-electron chi connectivity index (χ2n) is 5.35. The van der Waals surface area contributed by atoms with E-state index in [2.05, 4.69) is 4.90 Å². The third kappa shape index (κ3) is 2.21. The minimum atomic E-state index is 0.547. The van der Waals surface area contributed by atoms with E-state index in [1.165, 1.54) is 43.4 Å². The number of hydrogen-bond donors (Lipinski definition) is 1. The van der Waals surface area contributed by atoms with Gasteiger partial charge in [-0.05, 0) is 37.7 Å². The van der Waals surface area contributed by atoms with Crippen LogP contribution in [0, 0.1) is 0 Å². The van der Waals surface area contributed by atoms with Crippen LogP contribution in [0.5, 0.6) is 0 Å². The largest absolute Gasteiger partial charge is 0.341 e. The van der Waals surface area contributed by atoms with Gasteiger partial charge in [-0.15, -0.1) is 0 Å². The first-order chi connectivity index (χ1) is 8.88. The Labute approximate surface area is 109 Å². The molecule has 1 aliphatic heterocycles. The predicted molar refractivity (Wildman–Crippen MR) is 72.6 cm³/mol. The van der Waals surface area contributed by atoms with Gasteiger partial charge in [0, 0.05) is 25.3 Å². The first kappa shape index (κ1) is 11.9. The summed E-state index contributed by atoms with van der Waals surface area (Å²) in [5.41, 5.74) is 9.51. The van der Waals surface area contributed by atoms with E-state index in [0.29, 0.717) is 6.54 Å². The fraction of sp³-hybridized carbons (Fsp3) is 0.714. The molecule has 4 heteroatoms. The molecule has 18 heavy (non-hydrogen) atoms. The molecule has 2 N–H and O–H groups in total. The number of nitrogens with two attached hydrogens (primary N) is 1. The molecule has 2 heterocycles. The van der Waals surface area contributed by atoms with Crippen molar-refractivity contribution in [3.8, 4) is 0 Å². The molecule has 0 aromatic carbocycles. The molecule has 1 aromatic heterocycles. The van der Waals surface area contributed by atoms with E-state index in [1.54, 1.807) is 0 Å². The molecule has 0 unspecified atom stereocenters. The van der Waals surface area contributed by atoms with Gasteiger partial charge in [0.15, 0.2) is 0 Å². The highest BCUT2D eigenvalue weighted by Crippen LogP contribution is 2.26. The topological polar surface area (TPSA) is 55.0 Å². The Morgan fingerprint density at radius 1 is 0.944 bits per heavy atom. The number of nitrogens with zero attached hydrogens (tertiary/aromatic N) is 3. The van der Waals surface area contributed by atoms with Crippen LogP contribution in [0.1, 0.15) is 49.1 Å². The zero-order valence-electron chi connectivity index (χ0n) is 11.0. The highest BCUT2D eigenvalue weighted by Gasteiger charge is 2.21. The maximum Gasteiger partial charge on any atom is 0.225 e. The molecular formula is C14H22N4. The highest BCUT2D eigenvalue weighted by molar-refractivity contribution is 5.39. The van der Waals surface area contributed by atoms with Gasteiger partial charge in [0.1, 0.15) is 0 Å². The van der Waals surface area contributed by atoms with E-state index < -0.39 is 0 Å². The number of anilines is 1. The summed E-state index contributed by atoms with van der Waals surface area (Å²) in [5, 5.41) is 0. The molecule has 1 aromatic rings. The average molecular weight is 246 g/mol. The number of aryl methyl sites for hydroxylation is 1. The Kier molecular flexibility index (Phi) is 3.46. The van der Waals surface area contributed by atoms with Crippen LogP contribution in [0.2, 0.25) is 0 Å². The zero-order chi connectivity index (χ0) is 12.4. The number of fused-ring (bicyclic) bond motifs is 1. The molecular weight excluding hydrogens is 224 g/mol. The second-order valence-corrected chi connectivity index (χ2v) is 5.35. The van der Waals surface area contributed by atoms with Crippen molar-refractivity contribution in [3.05, 3.63) is 17.0 Å². The molecule has 0 radical (unpaired) electrons. The van der Waals surface area contributed by atoms with Crippen molar-refractivity contribution in [2.24, 2.45) is 5.73 Å². The molecule has 0 saturated carbocycles. The molecule has 98 valence electrons. The van der Waals surface area contributed by atoms with Gasteiger partial charge >= 0.3 is 0 Å². The smallest absolute Gasteiger partial charge is 0.225 e. The van der Waals surface area contributed by atoms with Gasteiger partial charge in [-0.2, -0.15) is 0 Å². The molecule has 2 aliphatic rings. The van der Waals surface area contributed by atoms with E-state index in [0.717, 1.165) is 37.6 Å². The van der Waals surface area contributed by atoms with Crippen LogP contribution in [0.25, 0.3) is 0 Å². The lowest BCUT2D eigenvalue weighted by Crippen LogP contribution is -2.27. The summed E-state index contributed by atoms with van der Waals surface area (Å²) in [5.74, 6) is 0.929. The van der Waals surface area contributed by atoms with Gasteiger partial charge in [0.05, 0.1) is 5.69 Å². The monoisotopic (exact) mass is 246 g/mol. The van der Waals surface area contributed by atoms with Crippen molar-refractivity contribution in [2.75, 3.05) is 18.0 Å². The normalized spacial score (nSPS) is 19.7. The van der Waals surface area contributed by atoms with Crippen molar-refractivity contribution >= 4 is 5.95 Å². The quantitative estimate of drug-likeness (QED) is 0.864. The summed E-state index contributed by atoms with van der Waals surface area (Å²) in [6.07, 6.45) is 8.63. The van der Waals surface area contributed by atoms with Crippen LogP contribution < -0.4 is 10.6 Å². The Balaban J connectivity index is 1.91. The average Bonchev–Trinajstić information content (AvgIpc) is 2.71. The molecule has 1 saturated heterocycles. The standard InChI is InChI=1S/C14H22N4/c15-10-13-11-6-5-7-12(11)16-14(17-13)18-8-3-1-2-4-9-18/h1-10,15H2. The summed E-state index contributed by atoms with van der Waals surface area (Å²) in [6, 6.07) is 0. The molecule has 0 atom stereocenters. The van der Waals surface area contributed by atoms with Crippen LogP contribution in [-0.4, -0.2) is 23.1 Å². The minimum Gasteiger partial charge on any atom is -0.341 e. The van der Waals surface area contributed by atoms with E-state index in [9.17, 15) is 0 Å². The second kappa shape index (κ2) is 5.22. The van der Waals surface area contributed by atoms with E-state index in [1.807, 2.05) is 0 Å². The number of hydrogen-bond acceptors (Lipinski definition) is 4. The molecule has 0 amide bonds. The Hall–Kier alpha value is -1.16. The van der Waals surface area contributed by atoms with E-state index in [4.69, 9.17) is 15.7 Å². The first-order valence-corrected chi connectivity index (χ1v) is 7.22. The summed E-state index contributed by atoms with van der Waals surface area (Å²) in [7, 11) is 0. The summed E-state index contributed by atoms with van der Waals surface area (Å²) < 4.78 is 0. The number of rotatable bonds is 2. The third-order valence-corrected chi connectivity index (χ3v) is 4.09. The van der Waals surface area contributed by atoms with Gasteiger partial charge in [-0.25, -0.2) is 9.97 Å². The van der Waals surface area contributed by atoms with E-state index in [-0.39, 0.29) is 0 Å². The van der Waals surface area contributed by atoms with Crippen molar-refractivity contribution in [2.45, 2.75) is 51.5 Å². The van der Waals surface area contributed by atoms with Crippen LogP contribution in [0.15, 0.2) is 0 Å². The van der Waals surface area contributed by atoms with Crippen molar-refractivity contribution < 1.29 is 0 Å². The maximum absolute atomic E-state index is 5.84. The molecule has 4 nitrogen and oxygen atoms in total. The van der Waals surface area contributed by atoms with Gasteiger partial charge in [-0.3, -0.25) is 0 Å². The van der Waals surface area contributed by atoms with Gasteiger partial charge in [-0.1, -0.05) is 12.8 Å². The lowest BCUT2D eigenvalue weighted by molar-refractivity contribution is 0.726. The van der Waals surface area contributed by atoms with Crippen molar-refractivity contribution in [3.63, 3.8) is 0 Å². The van der Waals surface area contributed by atoms with Gasteiger partial charge in [0.2, 0.25) is 5.95 Å². The van der Waals surface area contributed by atoms with Crippen LogP contribution in [0.3, 0.4) is 0 Å². The van der Waals surface area contributed by atoms with Crippen molar-refractivity contribution in [1.29, 1.82) is 0 Å². The number of aromatic nitrogens is 2. The van der Waals surface area contributed by atoms with Gasteiger partial charge < -0.3 is 10.6 Å². The summed E-state index contributed by atoms with van der Waals surface area (Å²) in [6.45, 7) is 2.75. The highest BCUT2D eigenvalue weighted by atomic mass is 15.3. The van der Waals surface area contributed by atoms with Crippen LogP contribution in [-0.2, 0) is 19.4 Å². The predicted octanol–water partition coefficient (Wildman–Crippen LogP) is 1.80. The van der Waals surface area contributed by atoms with Gasteiger partial charge in [0.25, 0.3) is 0 Å². The molecule has 3 rings (SSSR count). The van der Waals surface area contributed by atoms with Crippen LogP contribution in [0.4, 0.5) is 5.95 Å². The molecule has 0 bridgehead atoms. The summed E-state index contributed by atoms with van der Waals surface area (Å²) >= 11 is 0. The first-order valence-electron chi connectivity index (χ1n) is 7.22. The third-order valence-electron chi connectivity index (χ3n) is 4.09. The summed E-state index contributed by atoms with van der Waals surface area (Å²) in [4.78, 5) is 11.9. The maximum atomic E-state index is 5.84. The van der Waals surface area contributed by atoms with E-state index >= 15 is 0 Å². The lowest BCUT2D eigenvalue weighted by atomic mass is 10.2. The fourth-order valence-corrected chi connectivity index (χ4v) is 3.08. The zero-order valence-corrected chi connectivity index (χ0v) is 11.0. The SMILES string of the molecule is NCc1nc(N2CCCCCC2)nc2c1CCC2. The minimum absolute atomic E-state index is 0.547. The lowest BCUT2D eigenvalue weighted by Gasteiger charge is -2.21. The Bertz CT molecular complexity index is 422. The molecule has 1 aliphatic carbocycles. The Morgan fingerprint density at radius 3 is 2.44 bits per heavy atom. The molecule has 1 fully saturated rings. The molecule has 0 spiro atoms. The van der Waals surface area contributed by atoms with Crippen LogP contribution >= 0.6 is 0 Å². The fourth-order valence-electron chi connectivity index (χ4n) is 3.08. The van der Waals surface area contributed by atoms with Crippen molar-refractivity contribution in [1.82, 2.24) is 9.97 Å².